The molecule has 2 amide bonds. The SMILES string of the molecule is CCN1C(=O)/C(=c2/sc3n(c2=O)[C@H](c2cccc(OC)c2)C(C(=O)Nc2ccccc2)=C(C)N=3)c2ccccc21. The van der Waals surface area contributed by atoms with Crippen LogP contribution in [0.5, 0.6) is 5.75 Å². The maximum absolute atomic E-state index is 14.3. The van der Waals surface area contributed by atoms with E-state index in [4.69, 9.17) is 9.73 Å². The van der Waals surface area contributed by atoms with Gasteiger partial charge in [0.15, 0.2) is 4.80 Å². The smallest absolute Gasteiger partial charge is 0.271 e. The lowest BCUT2D eigenvalue weighted by Gasteiger charge is -2.25. The Morgan fingerprint density at radius 3 is 2.52 bits per heavy atom. The van der Waals surface area contributed by atoms with Crippen molar-refractivity contribution in [2.75, 3.05) is 23.9 Å². The van der Waals surface area contributed by atoms with Gasteiger partial charge in [-0.25, -0.2) is 4.99 Å². The lowest BCUT2D eigenvalue weighted by Crippen LogP contribution is -2.41. The third-order valence-electron chi connectivity index (χ3n) is 7.15. The van der Waals surface area contributed by atoms with Crippen molar-refractivity contribution in [2.24, 2.45) is 4.99 Å². The second kappa shape index (κ2) is 10.1. The summed E-state index contributed by atoms with van der Waals surface area (Å²) in [5.41, 5.74) is 3.64. The minimum Gasteiger partial charge on any atom is -0.497 e. The van der Waals surface area contributed by atoms with E-state index in [1.165, 1.54) is 15.9 Å². The van der Waals surface area contributed by atoms with Gasteiger partial charge in [-0.15, -0.1) is 0 Å². The molecule has 6 rings (SSSR count). The second-order valence-electron chi connectivity index (χ2n) is 9.44. The maximum Gasteiger partial charge on any atom is 0.271 e. The van der Waals surface area contributed by atoms with Gasteiger partial charge in [0.1, 0.15) is 10.3 Å². The first-order chi connectivity index (χ1) is 19.4. The third-order valence-corrected chi connectivity index (χ3v) is 8.20. The van der Waals surface area contributed by atoms with Gasteiger partial charge in [0, 0.05) is 17.8 Å². The number of ether oxygens (including phenoxy) is 1. The molecule has 8 nitrogen and oxygen atoms in total. The highest BCUT2D eigenvalue weighted by molar-refractivity contribution is 7.07. The number of rotatable bonds is 5. The molecule has 1 N–H and O–H groups in total. The number of hydrogen-bond acceptors (Lipinski definition) is 6. The van der Waals surface area contributed by atoms with Crippen LogP contribution in [0, 0.1) is 0 Å². The third kappa shape index (κ3) is 4.06. The van der Waals surface area contributed by atoms with Crippen LogP contribution >= 0.6 is 11.3 Å². The average Bonchev–Trinajstić information content (AvgIpc) is 3.44. The summed E-state index contributed by atoms with van der Waals surface area (Å²) >= 11 is 1.17. The molecule has 0 radical (unpaired) electrons. The number of benzene rings is 3. The van der Waals surface area contributed by atoms with E-state index in [1.54, 1.807) is 31.1 Å². The molecule has 0 aliphatic carbocycles. The fourth-order valence-corrected chi connectivity index (χ4v) is 6.46. The fourth-order valence-electron chi connectivity index (χ4n) is 5.32. The number of amides is 2. The number of fused-ring (bicyclic) bond motifs is 2. The molecule has 1 atom stereocenters. The standard InChI is InChI=1S/C31H26N4O4S/c1-4-34-23-16-9-8-15-22(23)25(29(34)37)27-30(38)35-26(19-11-10-14-21(17-19)39-3)24(18(2)32-31(35)40-27)28(36)33-20-12-6-5-7-13-20/h5-17,26H,4H2,1-3H3,(H,33,36)/b27-25+/t26-/m1/s1. The van der Waals surface area contributed by atoms with Crippen LogP contribution in [0.4, 0.5) is 11.4 Å². The number of nitrogens with zero attached hydrogens (tertiary/aromatic N) is 3. The summed E-state index contributed by atoms with van der Waals surface area (Å²) in [7, 11) is 1.57. The molecule has 4 aromatic rings. The molecule has 200 valence electrons. The normalized spacial score (nSPS) is 17.3. The van der Waals surface area contributed by atoms with Crippen molar-refractivity contribution < 1.29 is 14.3 Å². The summed E-state index contributed by atoms with van der Waals surface area (Å²) < 4.78 is 7.30. The zero-order valence-electron chi connectivity index (χ0n) is 22.2. The number of likely N-dealkylation sites (N-methyl/N-ethyl adjacent to an activating group) is 1. The van der Waals surface area contributed by atoms with Crippen molar-refractivity contribution in [3.63, 3.8) is 0 Å². The molecule has 0 saturated heterocycles. The van der Waals surface area contributed by atoms with Crippen molar-refractivity contribution in [1.29, 1.82) is 0 Å². The topological polar surface area (TPSA) is 93.0 Å². The van der Waals surface area contributed by atoms with Crippen LogP contribution in [0.25, 0.3) is 5.57 Å². The van der Waals surface area contributed by atoms with Crippen molar-refractivity contribution in [1.82, 2.24) is 4.57 Å². The highest BCUT2D eigenvalue weighted by Crippen LogP contribution is 2.36. The van der Waals surface area contributed by atoms with E-state index in [0.717, 1.165) is 11.3 Å². The Bertz CT molecular complexity index is 1890. The molecule has 0 unspecified atom stereocenters. The first-order valence-corrected chi connectivity index (χ1v) is 13.7. The van der Waals surface area contributed by atoms with Gasteiger partial charge in [-0.2, -0.15) is 0 Å². The van der Waals surface area contributed by atoms with Crippen LogP contribution in [0.2, 0.25) is 0 Å². The molecule has 3 heterocycles. The first kappa shape index (κ1) is 25.5. The minimum atomic E-state index is -0.779. The fraction of sp³-hybridized carbons (Fsp3) is 0.161. The number of allylic oxidation sites excluding steroid dienone is 1. The van der Waals surface area contributed by atoms with Gasteiger partial charge in [-0.3, -0.25) is 19.0 Å². The molecule has 2 aliphatic rings. The van der Waals surface area contributed by atoms with Crippen LogP contribution in [0.3, 0.4) is 0 Å². The molecule has 0 bridgehead atoms. The zero-order valence-corrected chi connectivity index (χ0v) is 23.0. The van der Waals surface area contributed by atoms with E-state index in [1.807, 2.05) is 73.7 Å². The average molecular weight is 551 g/mol. The van der Waals surface area contributed by atoms with Crippen LogP contribution < -0.4 is 29.8 Å². The number of anilines is 2. The number of carbonyl (C=O) groups excluding carboxylic acids is 2. The molecule has 3 aromatic carbocycles. The Kier molecular flexibility index (Phi) is 6.43. The number of para-hydroxylation sites is 2. The molecular weight excluding hydrogens is 524 g/mol. The van der Waals surface area contributed by atoms with Crippen molar-refractivity contribution in [3.05, 3.63) is 121 Å². The summed E-state index contributed by atoms with van der Waals surface area (Å²) in [5.74, 6) is 0.0146. The summed E-state index contributed by atoms with van der Waals surface area (Å²) in [6, 6.07) is 23.1. The number of methoxy groups -OCH3 is 1. The van der Waals surface area contributed by atoms with E-state index < -0.39 is 6.04 Å². The van der Waals surface area contributed by atoms with E-state index in [9.17, 15) is 14.4 Å². The second-order valence-corrected chi connectivity index (χ2v) is 10.4. The summed E-state index contributed by atoms with van der Waals surface area (Å²) in [6.45, 7) is 4.15. The highest BCUT2D eigenvalue weighted by atomic mass is 32.1. The molecular formula is C31H26N4O4S. The molecule has 9 heteroatoms. The molecule has 40 heavy (non-hydrogen) atoms. The maximum atomic E-state index is 14.3. The Balaban J connectivity index is 1.60. The van der Waals surface area contributed by atoms with E-state index in [2.05, 4.69) is 5.32 Å². The van der Waals surface area contributed by atoms with Gasteiger partial charge in [-0.05, 0) is 49.7 Å². The molecule has 2 aliphatic heterocycles. The van der Waals surface area contributed by atoms with Gasteiger partial charge in [0.2, 0.25) is 0 Å². The van der Waals surface area contributed by atoms with Gasteiger partial charge < -0.3 is 15.0 Å². The predicted octanol–water partition coefficient (Wildman–Crippen LogP) is 3.62. The Morgan fingerprint density at radius 2 is 1.77 bits per heavy atom. The number of nitrogens with one attached hydrogen (secondary N) is 1. The van der Waals surface area contributed by atoms with Gasteiger partial charge >= 0.3 is 0 Å². The Hall–Kier alpha value is -4.76. The largest absolute Gasteiger partial charge is 0.497 e. The minimum absolute atomic E-state index is 0.218. The van der Waals surface area contributed by atoms with Crippen LogP contribution in [0.15, 0.2) is 99.9 Å². The van der Waals surface area contributed by atoms with E-state index >= 15 is 0 Å². The van der Waals surface area contributed by atoms with E-state index in [-0.39, 0.29) is 17.4 Å². The van der Waals surface area contributed by atoms with Crippen LogP contribution in [-0.2, 0) is 9.59 Å². The zero-order chi connectivity index (χ0) is 28.0. The van der Waals surface area contributed by atoms with Gasteiger partial charge in [-0.1, -0.05) is 59.9 Å². The molecule has 0 fully saturated rings. The monoisotopic (exact) mass is 550 g/mol. The van der Waals surface area contributed by atoms with Crippen LogP contribution in [-0.4, -0.2) is 30.0 Å². The molecule has 0 spiro atoms. The van der Waals surface area contributed by atoms with Gasteiger partial charge in [0.05, 0.1) is 35.7 Å². The molecule has 0 saturated carbocycles. The quantitative estimate of drug-likeness (QED) is 0.411. The number of carbonyl (C=O) groups is 2. The van der Waals surface area contributed by atoms with Crippen molar-refractivity contribution >= 4 is 40.1 Å². The number of thiazole rings is 1. The summed E-state index contributed by atoms with van der Waals surface area (Å²) in [5, 5.41) is 2.95. The van der Waals surface area contributed by atoms with Crippen molar-refractivity contribution in [3.8, 4) is 5.75 Å². The predicted molar refractivity (Wildman–Crippen MR) is 155 cm³/mol. The summed E-state index contributed by atoms with van der Waals surface area (Å²) in [4.78, 5) is 48.4. The van der Waals surface area contributed by atoms with Crippen LogP contribution in [0.1, 0.15) is 31.0 Å². The van der Waals surface area contributed by atoms with Gasteiger partial charge in [0.25, 0.3) is 17.4 Å². The first-order valence-electron chi connectivity index (χ1n) is 12.9. The molecule has 1 aromatic heterocycles. The Labute approximate surface area is 234 Å². The number of aromatic nitrogens is 1. The summed E-state index contributed by atoms with van der Waals surface area (Å²) in [6.07, 6.45) is 0. The van der Waals surface area contributed by atoms with Crippen molar-refractivity contribution in [2.45, 2.75) is 19.9 Å². The highest BCUT2D eigenvalue weighted by Gasteiger charge is 2.36. The number of hydrogen-bond donors (Lipinski definition) is 1. The van der Waals surface area contributed by atoms with E-state index in [0.29, 0.717) is 49.7 Å². The lowest BCUT2D eigenvalue weighted by atomic mass is 9.95. The Morgan fingerprint density at radius 1 is 1.02 bits per heavy atom. The lowest BCUT2D eigenvalue weighted by molar-refractivity contribution is -0.114.